The quantitative estimate of drug-likeness (QED) is 0.871. The van der Waals surface area contributed by atoms with Crippen LogP contribution in [0.25, 0.3) is 0 Å². The number of aliphatic hydroxyl groups excluding tert-OH is 1. The summed E-state index contributed by atoms with van der Waals surface area (Å²) in [6.45, 7) is 6.33. The van der Waals surface area contributed by atoms with Gasteiger partial charge < -0.3 is 25.0 Å². The third kappa shape index (κ3) is 3.25. The molecular weight excluding hydrogens is 302 g/mol. The van der Waals surface area contributed by atoms with Crippen LogP contribution in [0, 0.1) is 11.8 Å². The summed E-state index contributed by atoms with van der Waals surface area (Å²) in [6.07, 6.45) is 1.38. The Kier molecular flexibility index (Phi) is 4.66. The number of nitrogens with zero attached hydrogens (tertiary/aromatic N) is 2. The molecular formula is C19H29N3O2. The number of ether oxygens (including phenoxy) is 1. The molecule has 5 nitrogen and oxygen atoms in total. The van der Waals surface area contributed by atoms with Crippen LogP contribution in [0.3, 0.4) is 0 Å². The van der Waals surface area contributed by atoms with Gasteiger partial charge in [0.2, 0.25) is 0 Å². The number of hydrogen-bond donors (Lipinski definition) is 2. The van der Waals surface area contributed by atoms with Gasteiger partial charge in [-0.3, -0.25) is 0 Å². The van der Waals surface area contributed by atoms with Crippen molar-refractivity contribution >= 4 is 5.69 Å². The third-order valence-electron chi connectivity index (χ3n) is 5.98. The van der Waals surface area contributed by atoms with E-state index in [1.165, 1.54) is 5.69 Å². The van der Waals surface area contributed by atoms with Gasteiger partial charge in [-0.1, -0.05) is 12.1 Å². The zero-order chi connectivity index (χ0) is 16.5. The van der Waals surface area contributed by atoms with Gasteiger partial charge in [-0.25, -0.2) is 0 Å². The van der Waals surface area contributed by atoms with Gasteiger partial charge in [-0.05, 0) is 56.9 Å². The van der Waals surface area contributed by atoms with E-state index in [1.807, 2.05) is 6.07 Å². The Hall–Kier alpha value is -1.30. The third-order valence-corrected chi connectivity index (χ3v) is 5.98. The molecule has 5 heteroatoms. The zero-order valence-electron chi connectivity index (χ0n) is 14.5. The molecule has 0 bridgehead atoms. The molecule has 0 spiro atoms. The largest absolute Gasteiger partial charge is 0.486 e. The molecule has 1 aromatic rings. The van der Waals surface area contributed by atoms with Gasteiger partial charge in [-0.15, -0.1) is 0 Å². The Morgan fingerprint density at radius 2 is 1.75 bits per heavy atom. The Bertz CT molecular complexity index is 559. The van der Waals surface area contributed by atoms with Crippen LogP contribution in [0.4, 0.5) is 5.69 Å². The topological polar surface area (TPSA) is 48.0 Å². The van der Waals surface area contributed by atoms with Crippen molar-refractivity contribution in [2.45, 2.75) is 25.0 Å². The summed E-state index contributed by atoms with van der Waals surface area (Å²) in [6, 6.07) is 8.31. The molecule has 3 aliphatic rings. The van der Waals surface area contributed by atoms with E-state index >= 15 is 0 Å². The molecule has 2 saturated heterocycles. The van der Waals surface area contributed by atoms with Crippen molar-refractivity contribution in [2.24, 2.45) is 11.8 Å². The van der Waals surface area contributed by atoms with Crippen molar-refractivity contribution < 1.29 is 9.84 Å². The molecule has 4 rings (SSSR count). The van der Waals surface area contributed by atoms with E-state index in [2.05, 4.69) is 40.4 Å². The maximum atomic E-state index is 10.5. The number of anilines is 1. The van der Waals surface area contributed by atoms with E-state index in [1.54, 1.807) is 0 Å². The van der Waals surface area contributed by atoms with Crippen LogP contribution in [0.5, 0.6) is 5.75 Å². The van der Waals surface area contributed by atoms with Gasteiger partial charge in [0.05, 0.1) is 11.8 Å². The smallest absolute Gasteiger partial charge is 0.143 e. The van der Waals surface area contributed by atoms with E-state index in [-0.39, 0.29) is 12.2 Å². The van der Waals surface area contributed by atoms with Crippen LogP contribution in [0.2, 0.25) is 0 Å². The summed E-state index contributed by atoms with van der Waals surface area (Å²) in [5.41, 5.74) is 1.17. The van der Waals surface area contributed by atoms with Gasteiger partial charge in [0.1, 0.15) is 11.9 Å². The fourth-order valence-electron chi connectivity index (χ4n) is 4.41. The number of aliphatic hydroxyl groups is 1. The van der Waals surface area contributed by atoms with Crippen LogP contribution in [0.1, 0.15) is 12.8 Å². The van der Waals surface area contributed by atoms with E-state index in [0.717, 1.165) is 57.9 Å². The highest BCUT2D eigenvalue weighted by Crippen LogP contribution is 2.37. The maximum Gasteiger partial charge on any atom is 0.143 e. The molecule has 2 heterocycles. The van der Waals surface area contributed by atoms with Gasteiger partial charge in [0.25, 0.3) is 0 Å². The van der Waals surface area contributed by atoms with Gasteiger partial charge in [-0.2, -0.15) is 0 Å². The molecule has 2 aliphatic heterocycles. The van der Waals surface area contributed by atoms with E-state index in [0.29, 0.717) is 11.8 Å². The van der Waals surface area contributed by atoms with Gasteiger partial charge in [0.15, 0.2) is 0 Å². The van der Waals surface area contributed by atoms with Crippen LogP contribution < -0.4 is 15.0 Å². The van der Waals surface area contributed by atoms with Gasteiger partial charge >= 0.3 is 0 Å². The van der Waals surface area contributed by atoms with Crippen molar-refractivity contribution in [1.29, 1.82) is 0 Å². The number of benzene rings is 1. The molecule has 3 fully saturated rings. The van der Waals surface area contributed by atoms with E-state index < -0.39 is 0 Å². The number of para-hydroxylation sites is 2. The standard InChI is InChI=1S/C19H29N3O2/c1-21-6-8-22(9-7-21)16-4-2-3-5-18(16)24-19-11-15-13-20-12-14(15)10-17(19)23/h2-5,14-15,17,19-20,23H,6-13H2,1H3/t14-,15+,17+,19+/m0/s1. The Morgan fingerprint density at radius 3 is 2.54 bits per heavy atom. The minimum Gasteiger partial charge on any atom is -0.486 e. The number of rotatable bonds is 3. The average molecular weight is 331 g/mol. The second kappa shape index (κ2) is 6.90. The van der Waals surface area contributed by atoms with Gasteiger partial charge in [0, 0.05) is 26.2 Å². The molecule has 0 radical (unpaired) electrons. The number of nitrogens with one attached hydrogen (secondary N) is 1. The predicted molar refractivity (Wildman–Crippen MR) is 95.7 cm³/mol. The second-order valence-corrected chi connectivity index (χ2v) is 7.63. The summed E-state index contributed by atoms with van der Waals surface area (Å²) in [7, 11) is 2.17. The highest BCUT2D eigenvalue weighted by Gasteiger charge is 2.40. The minimum absolute atomic E-state index is 0.0836. The maximum absolute atomic E-state index is 10.5. The molecule has 1 aliphatic carbocycles. The molecule has 0 amide bonds. The molecule has 0 unspecified atom stereocenters. The second-order valence-electron chi connectivity index (χ2n) is 7.63. The van der Waals surface area contributed by atoms with Crippen LogP contribution in [0.15, 0.2) is 24.3 Å². The van der Waals surface area contributed by atoms with Crippen molar-refractivity contribution in [3.05, 3.63) is 24.3 Å². The molecule has 0 aromatic heterocycles. The van der Waals surface area contributed by atoms with E-state index in [4.69, 9.17) is 4.74 Å². The summed E-state index contributed by atoms with van der Waals surface area (Å²) >= 11 is 0. The van der Waals surface area contributed by atoms with Crippen LogP contribution in [-0.4, -0.2) is 68.5 Å². The number of hydrogen-bond acceptors (Lipinski definition) is 5. The molecule has 1 saturated carbocycles. The minimum atomic E-state index is -0.355. The van der Waals surface area contributed by atoms with Crippen molar-refractivity contribution in [3.63, 3.8) is 0 Å². The van der Waals surface area contributed by atoms with Crippen LogP contribution in [-0.2, 0) is 0 Å². The number of likely N-dealkylation sites (N-methyl/N-ethyl adjacent to an activating group) is 1. The highest BCUT2D eigenvalue weighted by molar-refractivity contribution is 5.58. The van der Waals surface area contributed by atoms with E-state index in [9.17, 15) is 5.11 Å². The zero-order valence-corrected chi connectivity index (χ0v) is 14.5. The Balaban J connectivity index is 1.48. The Labute approximate surface area is 144 Å². The lowest BCUT2D eigenvalue weighted by atomic mass is 9.78. The Morgan fingerprint density at radius 1 is 1.04 bits per heavy atom. The van der Waals surface area contributed by atoms with Crippen LogP contribution >= 0.6 is 0 Å². The predicted octanol–water partition coefficient (Wildman–Crippen LogP) is 1.18. The summed E-state index contributed by atoms with van der Waals surface area (Å²) in [5.74, 6) is 2.19. The lowest BCUT2D eigenvalue weighted by Crippen LogP contribution is -2.45. The fourth-order valence-corrected chi connectivity index (χ4v) is 4.41. The molecule has 1 aromatic carbocycles. The average Bonchev–Trinajstić information content (AvgIpc) is 3.04. The first-order valence-corrected chi connectivity index (χ1v) is 9.28. The molecule has 4 atom stereocenters. The van der Waals surface area contributed by atoms with Crippen molar-refractivity contribution in [3.8, 4) is 5.75 Å². The molecule has 2 N–H and O–H groups in total. The highest BCUT2D eigenvalue weighted by atomic mass is 16.5. The molecule has 132 valence electrons. The number of fused-ring (bicyclic) bond motifs is 1. The van der Waals surface area contributed by atoms with Crippen molar-refractivity contribution in [1.82, 2.24) is 10.2 Å². The first-order chi connectivity index (χ1) is 11.7. The lowest BCUT2D eigenvalue weighted by Gasteiger charge is -2.38. The normalized spacial score (nSPS) is 34.2. The number of piperazine rings is 1. The van der Waals surface area contributed by atoms with Crippen molar-refractivity contribution in [2.75, 3.05) is 51.2 Å². The fraction of sp³-hybridized carbons (Fsp3) is 0.684. The first-order valence-electron chi connectivity index (χ1n) is 9.28. The molecule has 24 heavy (non-hydrogen) atoms. The summed E-state index contributed by atoms with van der Waals surface area (Å²) in [4.78, 5) is 4.77. The summed E-state index contributed by atoms with van der Waals surface area (Å²) in [5, 5.41) is 14.0. The first kappa shape index (κ1) is 16.2. The lowest BCUT2D eigenvalue weighted by molar-refractivity contribution is -0.0229. The SMILES string of the molecule is CN1CCN(c2ccccc2O[C@@H]2C[C@@H]3CNC[C@@H]3C[C@H]2O)CC1. The monoisotopic (exact) mass is 331 g/mol. The summed E-state index contributed by atoms with van der Waals surface area (Å²) < 4.78 is 6.35.